The molecular formula is C32H22BrCl2FN2O5. The van der Waals surface area contributed by atoms with E-state index in [1.807, 2.05) is 0 Å². The number of hydrogen-bond donors (Lipinski definition) is 1. The molecule has 0 radical (unpaired) electrons. The van der Waals surface area contributed by atoms with Crippen LogP contribution in [0.2, 0.25) is 0 Å². The maximum absolute atomic E-state index is 14.3. The summed E-state index contributed by atoms with van der Waals surface area (Å²) in [5, 5.41) is 11.0. The topological polar surface area (TPSA) is 95.0 Å². The van der Waals surface area contributed by atoms with E-state index >= 15 is 0 Å². The Labute approximate surface area is 264 Å². The Balaban J connectivity index is 1.40. The molecule has 2 aliphatic heterocycles. The number of phenols is 1. The van der Waals surface area contributed by atoms with E-state index in [1.165, 1.54) is 23.1 Å². The first-order valence-electron chi connectivity index (χ1n) is 13.6. The second-order valence-electron chi connectivity index (χ2n) is 11.3. The number of anilines is 2. The molecule has 2 aliphatic carbocycles. The summed E-state index contributed by atoms with van der Waals surface area (Å²) < 4.78 is 14.6. The molecule has 218 valence electrons. The Morgan fingerprint density at radius 2 is 1.44 bits per heavy atom. The van der Waals surface area contributed by atoms with Gasteiger partial charge in [0, 0.05) is 16.0 Å². The van der Waals surface area contributed by atoms with Gasteiger partial charge in [0.25, 0.3) is 11.8 Å². The van der Waals surface area contributed by atoms with Crippen LogP contribution < -0.4 is 9.80 Å². The van der Waals surface area contributed by atoms with Gasteiger partial charge in [-0.15, -0.1) is 23.2 Å². The highest BCUT2D eigenvalue weighted by atomic mass is 79.9. The lowest BCUT2D eigenvalue weighted by molar-refractivity contribution is -0.125. The normalized spacial score (nSPS) is 31.6. The Bertz CT molecular complexity index is 1770. The fraction of sp³-hybridized carbons (Fsp3) is 0.250. The van der Waals surface area contributed by atoms with Gasteiger partial charge in [-0.25, -0.2) is 9.29 Å². The molecule has 43 heavy (non-hydrogen) atoms. The summed E-state index contributed by atoms with van der Waals surface area (Å²) in [6, 6.07) is 17.9. The van der Waals surface area contributed by atoms with Crippen molar-refractivity contribution in [2.75, 3.05) is 9.80 Å². The predicted octanol–water partition coefficient (Wildman–Crippen LogP) is 6.06. The Morgan fingerprint density at radius 3 is 2.12 bits per heavy atom. The van der Waals surface area contributed by atoms with Crippen molar-refractivity contribution in [2.45, 2.75) is 28.5 Å². The van der Waals surface area contributed by atoms with Crippen LogP contribution in [-0.2, 0) is 19.2 Å². The highest BCUT2D eigenvalue weighted by molar-refractivity contribution is 9.10. The molecule has 0 unspecified atom stereocenters. The third-order valence-corrected chi connectivity index (χ3v) is 11.2. The number of imide groups is 2. The first-order chi connectivity index (χ1) is 20.5. The molecule has 1 saturated carbocycles. The molecule has 4 aliphatic rings. The number of rotatable bonds is 3. The smallest absolute Gasteiger partial charge is 0.258 e. The van der Waals surface area contributed by atoms with Crippen LogP contribution in [0.25, 0.3) is 0 Å². The molecule has 6 atom stereocenters. The third-order valence-electron chi connectivity index (χ3n) is 9.23. The number of nitrogens with zero attached hydrogens (tertiary/aromatic N) is 2. The van der Waals surface area contributed by atoms with Crippen LogP contribution in [0.1, 0.15) is 24.3 Å². The summed E-state index contributed by atoms with van der Waals surface area (Å²) in [7, 11) is 0. The minimum absolute atomic E-state index is 0.0882. The molecule has 0 aromatic heterocycles. The van der Waals surface area contributed by atoms with Crippen LogP contribution in [0.3, 0.4) is 0 Å². The maximum Gasteiger partial charge on any atom is 0.258 e. The van der Waals surface area contributed by atoms with E-state index in [1.54, 1.807) is 48.5 Å². The Hall–Kier alpha value is -3.53. The highest BCUT2D eigenvalue weighted by Gasteiger charge is 2.76. The quantitative estimate of drug-likeness (QED) is 0.206. The fourth-order valence-corrected chi connectivity index (χ4v) is 8.51. The van der Waals surface area contributed by atoms with Crippen LogP contribution >= 0.6 is 39.1 Å². The van der Waals surface area contributed by atoms with E-state index in [4.69, 9.17) is 23.2 Å². The summed E-state index contributed by atoms with van der Waals surface area (Å²) >= 11 is 18.0. The molecular weight excluding hydrogens is 662 g/mol. The second kappa shape index (κ2) is 9.74. The lowest BCUT2D eigenvalue weighted by Gasteiger charge is -2.50. The van der Waals surface area contributed by atoms with Gasteiger partial charge < -0.3 is 5.11 Å². The molecule has 2 saturated heterocycles. The van der Waals surface area contributed by atoms with Gasteiger partial charge in [0.1, 0.15) is 11.6 Å². The number of para-hydroxylation sites is 1. The first kappa shape index (κ1) is 28.3. The highest BCUT2D eigenvalue weighted by Crippen LogP contribution is 2.66. The number of carbonyl (C=O) groups excluding carboxylic acids is 4. The summed E-state index contributed by atoms with van der Waals surface area (Å²) in [6.07, 6.45) is 1.80. The van der Waals surface area contributed by atoms with Crippen molar-refractivity contribution >= 4 is 74.1 Å². The number of benzene rings is 3. The summed E-state index contributed by atoms with van der Waals surface area (Å²) in [6.45, 7) is 0. The summed E-state index contributed by atoms with van der Waals surface area (Å²) in [5.74, 6) is -6.59. The van der Waals surface area contributed by atoms with Crippen molar-refractivity contribution in [3.05, 3.63) is 100 Å². The number of allylic oxidation sites excluding steroid dienone is 2. The van der Waals surface area contributed by atoms with Crippen LogP contribution in [-0.4, -0.2) is 38.5 Å². The van der Waals surface area contributed by atoms with Crippen molar-refractivity contribution in [3.8, 4) is 5.75 Å². The minimum Gasteiger partial charge on any atom is -0.508 e. The van der Waals surface area contributed by atoms with Gasteiger partial charge in [-0.2, -0.15) is 0 Å². The molecule has 7 nitrogen and oxygen atoms in total. The molecule has 7 rings (SSSR count). The van der Waals surface area contributed by atoms with Crippen molar-refractivity contribution in [2.24, 2.45) is 17.8 Å². The third kappa shape index (κ3) is 3.77. The number of halogens is 4. The number of hydrogen-bond acceptors (Lipinski definition) is 5. The van der Waals surface area contributed by atoms with Gasteiger partial charge in [0.2, 0.25) is 11.8 Å². The van der Waals surface area contributed by atoms with Crippen LogP contribution in [0, 0.1) is 23.6 Å². The van der Waals surface area contributed by atoms with E-state index in [0.29, 0.717) is 11.3 Å². The molecule has 0 bridgehead atoms. The first-order valence-corrected chi connectivity index (χ1v) is 15.2. The largest absolute Gasteiger partial charge is 0.508 e. The average molecular weight is 684 g/mol. The van der Waals surface area contributed by atoms with Crippen LogP contribution in [0.4, 0.5) is 15.8 Å². The molecule has 0 spiro atoms. The van der Waals surface area contributed by atoms with E-state index in [-0.39, 0.29) is 35.7 Å². The lowest BCUT2D eigenvalue weighted by Crippen LogP contribution is -2.60. The van der Waals surface area contributed by atoms with Gasteiger partial charge in [-0.05, 0) is 73.4 Å². The zero-order valence-electron chi connectivity index (χ0n) is 22.2. The lowest BCUT2D eigenvalue weighted by atomic mass is 9.56. The maximum atomic E-state index is 14.3. The molecule has 2 heterocycles. The van der Waals surface area contributed by atoms with E-state index in [9.17, 15) is 28.7 Å². The number of alkyl halides is 2. The van der Waals surface area contributed by atoms with Crippen molar-refractivity contribution in [1.82, 2.24) is 0 Å². The summed E-state index contributed by atoms with van der Waals surface area (Å²) in [4.78, 5) is 54.1. The fourth-order valence-electron chi connectivity index (χ4n) is 7.32. The van der Waals surface area contributed by atoms with Gasteiger partial charge in [-0.1, -0.05) is 45.8 Å². The number of fused-ring (bicyclic) bond motifs is 4. The number of phenolic OH excluding ortho intramolecular Hbond substituents is 1. The standard InChI is InChI=1S/C32H22BrCl2FN2O5/c33-16-5-9-18(10-6-16)37-27(40)22-14-13-20-23(25(22)28(37)41)15-31(34)29(42)38(19-11-7-17(36)8-12-19)30(43)32(31,35)26(20)21-3-1-2-4-24(21)39/h1-13,22-23,25-26,39H,14-15H2/t22-,23+,25-,26+,31+,32-/m0/s1. The molecule has 3 fully saturated rings. The van der Waals surface area contributed by atoms with Gasteiger partial charge in [0.05, 0.1) is 23.2 Å². The van der Waals surface area contributed by atoms with Crippen LogP contribution in [0.5, 0.6) is 5.75 Å². The zero-order valence-corrected chi connectivity index (χ0v) is 25.3. The molecule has 1 N–H and O–H groups in total. The van der Waals surface area contributed by atoms with E-state index in [2.05, 4.69) is 15.9 Å². The van der Waals surface area contributed by atoms with Crippen molar-refractivity contribution in [3.63, 3.8) is 0 Å². The van der Waals surface area contributed by atoms with E-state index < -0.39 is 57.0 Å². The minimum atomic E-state index is -2.11. The molecule has 3 aromatic rings. The van der Waals surface area contributed by atoms with Gasteiger partial charge >= 0.3 is 0 Å². The van der Waals surface area contributed by atoms with Gasteiger partial charge in [-0.3, -0.25) is 24.1 Å². The second-order valence-corrected chi connectivity index (χ2v) is 13.5. The average Bonchev–Trinajstić information content (AvgIpc) is 3.33. The Morgan fingerprint density at radius 1 is 0.814 bits per heavy atom. The van der Waals surface area contributed by atoms with Gasteiger partial charge in [0.15, 0.2) is 9.75 Å². The number of aromatic hydroxyl groups is 1. The van der Waals surface area contributed by atoms with Crippen LogP contribution in [0.15, 0.2) is 88.9 Å². The SMILES string of the molecule is O=C1[C@H]2[C@H](CC=C3[C@H]2C[C@@]2(Cl)C(=O)N(c4ccc(F)cc4)C(=O)[C@@]2(Cl)[C@H]3c2ccccc2O)C(=O)N1c1ccc(Br)cc1. The molecule has 4 amide bonds. The zero-order chi connectivity index (χ0) is 30.4. The van der Waals surface area contributed by atoms with Crippen molar-refractivity contribution in [1.29, 1.82) is 0 Å². The predicted molar refractivity (Wildman–Crippen MR) is 161 cm³/mol. The van der Waals surface area contributed by atoms with Crippen molar-refractivity contribution < 1.29 is 28.7 Å². The molecule has 11 heteroatoms. The number of amides is 4. The Kier molecular flexibility index (Phi) is 6.40. The number of carbonyl (C=O) groups is 4. The molecule has 3 aromatic carbocycles. The van der Waals surface area contributed by atoms with E-state index in [0.717, 1.165) is 21.5 Å². The summed E-state index contributed by atoms with van der Waals surface area (Å²) in [5.41, 5.74) is 1.34. The monoisotopic (exact) mass is 682 g/mol.